The van der Waals surface area contributed by atoms with Crippen LogP contribution in [0.15, 0.2) is 47.7 Å². The number of hydrogen-bond acceptors (Lipinski definition) is 15. The van der Waals surface area contributed by atoms with Crippen molar-refractivity contribution in [3.8, 4) is 17.2 Å². The molecule has 0 radical (unpaired) electrons. The molecule has 15 heteroatoms. The molecule has 440 valence electrons. The second-order valence-corrected chi connectivity index (χ2v) is 28.4. The van der Waals surface area contributed by atoms with Crippen molar-refractivity contribution in [1.29, 1.82) is 0 Å². The Kier molecular flexibility index (Phi) is 11.6. The lowest BCUT2D eigenvalue weighted by molar-refractivity contribution is -0.214. The molecule has 3 N–H and O–H groups in total. The maximum Gasteiger partial charge on any atom is 0.337 e. The first-order valence-corrected chi connectivity index (χ1v) is 31.8. The molecule has 6 bridgehead atoms. The Morgan fingerprint density at radius 3 is 1.49 bits per heavy atom. The maximum absolute atomic E-state index is 13.0. The monoisotopic (exact) mass is 1130 g/mol. The van der Waals surface area contributed by atoms with E-state index in [1.54, 1.807) is 6.92 Å². The van der Waals surface area contributed by atoms with E-state index in [1.807, 2.05) is 6.92 Å². The summed E-state index contributed by atoms with van der Waals surface area (Å²) in [4.78, 5) is 58.5. The van der Waals surface area contributed by atoms with Gasteiger partial charge in [0, 0.05) is 74.6 Å². The number of Topliss-reactive ketones (excluding diaryl/α,β-unsaturated/α-hetero) is 2. The lowest BCUT2D eigenvalue weighted by atomic mass is 9.48. The number of carbonyl (C=O) groups excluding carboxylic acids is 4. The molecule has 3 spiro atoms. The van der Waals surface area contributed by atoms with Crippen molar-refractivity contribution < 1.29 is 58.2 Å². The number of esters is 2. The summed E-state index contributed by atoms with van der Waals surface area (Å²) in [7, 11) is 0. The molecule has 83 heavy (non-hydrogen) atoms. The summed E-state index contributed by atoms with van der Waals surface area (Å²) in [5.74, 6) is 4.36. The van der Waals surface area contributed by atoms with E-state index in [1.165, 1.54) is 73.3 Å². The summed E-state index contributed by atoms with van der Waals surface area (Å²) in [6.45, 7) is 15.6. The summed E-state index contributed by atoms with van der Waals surface area (Å²) in [5.41, 5.74) is 6.14. The van der Waals surface area contributed by atoms with Gasteiger partial charge in [-0.1, -0.05) is 36.4 Å². The fraction of sp³-hybridized carbons (Fsp3) is 0.647. The number of hydrogen-bond donors (Lipinski definition) is 3. The zero-order chi connectivity index (χ0) is 57.1. The number of rotatable bonds is 9. The largest absolute Gasteiger partial charge is 0.508 e. The third-order valence-corrected chi connectivity index (χ3v) is 24.1. The molecule has 0 amide bonds. The SMILES string of the molecule is CC(=O)O[C@@]12CCC(=O)[C@@H]3Oc4c(C)ccc5c4[C@@]31CCN(CC1CC1)[C@@H]2C5.CCOC(=O)C1=C(O)[C@@H]2Oc3c(C)ccc4c3[C@@]23CCN(CC2CC2)[C@H](C4)[C@]3(O)C1.Cc1ccc2c3c1O[C@H]1C(=O)CC[C@@]4(O)[C@@H](C2)N(CC2CC2)CC[C@]314. The molecule has 0 unspecified atom stereocenters. The Balaban J connectivity index is 0.000000102. The highest BCUT2D eigenvalue weighted by atomic mass is 16.6. The third kappa shape index (κ3) is 7.03. The van der Waals surface area contributed by atoms with Crippen LogP contribution in [0.1, 0.15) is 154 Å². The average Bonchev–Trinajstić information content (AvgIpc) is 1.65. The van der Waals surface area contributed by atoms with Crippen molar-refractivity contribution in [3.63, 3.8) is 0 Å². The first-order chi connectivity index (χ1) is 39.9. The van der Waals surface area contributed by atoms with Gasteiger partial charge in [-0.25, -0.2) is 4.79 Å². The Labute approximate surface area is 486 Å². The molecule has 5 saturated carbocycles. The minimum absolute atomic E-state index is 0.0593. The van der Waals surface area contributed by atoms with Crippen LogP contribution < -0.4 is 14.2 Å². The molecule has 15 aliphatic rings. The van der Waals surface area contributed by atoms with Gasteiger partial charge in [0.2, 0.25) is 0 Å². The molecule has 3 aromatic rings. The molecule has 15 nitrogen and oxygen atoms in total. The van der Waals surface area contributed by atoms with Crippen LogP contribution in [0.2, 0.25) is 0 Å². The van der Waals surface area contributed by atoms with E-state index in [-0.39, 0.29) is 60.0 Å². The number of ketones is 2. The minimum Gasteiger partial charge on any atom is -0.508 e. The van der Waals surface area contributed by atoms with Crippen molar-refractivity contribution in [1.82, 2.24) is 14.7 Å². The fourth-order valence-electron chi connectivity index (χ4n) is 20.0. The van der Waals surface area contributed by atoms with E-state index in [0.29, 0.717) is 38.0 Å². The number of likely N-dealkylation sites (tertiary alicyclic amines) is 3. The van der Waals surface area contributed by atoms with Gasteiger partial charge in [-0.05, 0) is 188 Å². The summed E-state index contributed by atoms with van der Waals surface area (Å²) in [6, 6.07) is 13.1. The highest BCUT2D eigenvalue weighted by molar-refractivity contribution is 5.92. The van der Waals surface area contributed by atoms with Crippen molar-refractivity contribution >= 4 is 23.5 Å². The quantitative estimate of drug-likeness (QED) is 0.180. The van der Waals surface area contributed by atoms with Crippen LogP contribution in [0, 0.1) is 38.5 Å². The van der Waals surface area contributed by atoms with Crippen molar-refractivity contribution in [2.45, 2.75) is 213 Å². The van der Waals surface area contributed by atoms with E-state index >= 15 is 0 Å². The predicted octanol–water partition coefficient (Wildman–Crippen LogP) is 7.37. The lowest BCUT2D eigenvalue weighted by Crippen LogP contribution is -2.77. The highest BCUT2D eigenvalue weighted by Crippen LogP contribution is 2.68. The summed E-state index contributed by atoms with van der Waals surface area (Å²) in [6.07, 6.45) is 13.1. The van der Waals surface area contributed by atoms with Crippen LogP contribution in [-0.2, 0) is 64.2 Å². The van der Waals surface area contributed by atoms with E-state index in [9.17, 15) is 34.5 Å². The van der Waals surface area contributed by atoms with Crippen molar-refractivity contribution in [2.75, 3.05) is 45.9 Å². The number of benzene rings is 3. The Hall–Kier alpha value is -5.32. The van der Waals surface area contributed by atoms with E-state index in [2.05, 4.69) is 64.9 Å². The van der Waals surface area contributed by atoms with Gasteiger partial charge in [0.1, 0.15) is 28.6 Å². The molecule has 0 aromatic heterocycles. The molecule has 6 aliphatic heterocycles. The number of nitrogens with zero attached hydrogens (tertiary/aromatic N) is 3. The molecule has 3 aromatic carbocycles. The topological polar surface area (TPSA) is 185 Å². The lowest BCUT2D eigenvalue weighted by Gasteiger charge is -2.63. The van der Waals surface area contributed by atoms with Crippen LogP contribution in [-0.4, -0.2) is 153 Å². The number of aryl methyl sites for hydroxylation is 3. The molecule has 3 saturated heterocycles. The van der Waals surface area contributed by atoms with Gasteiger partial charge in [-0.3, -0.25) is 29.1 Å². The van der Waals surface area contributed by atoms with Gasteiger partial charge < -0.3 is 39.0 Å². The number of aliphatic hydroxyl groups excluding tert-OH is 1. The van der Waals surface area contributed by atoms with Gasteiger partial charge in [0.25, 0.3) is 0 Å². The van der Waals surface area contributed by atoms with Gasteiger partial charge in [-0.15, -0.1) is 0 Å². The zero-order valence-corrected chi connectivity index (χ0v) is 49.0. The number of piperidine rings is 3. The van der Waals surface area contributed by atoms with Crippen LogP contribution in [0.5, 0.6) is 17.2 Å². The molecule has 18 rings (SSSR count). The summed E-state index contributed by atoms with van der Waals surface area (Å²) < 4.78 is 30.6. The van der Waals surface area contributed by atoms with Gasteiger partial charge in [-0.2, -0.15) is 0 Å². The first kappa shape index (κ1) is 53.2. The van der Waals surface area contributed by atoms with Crippen LogP contribution in [0.25, 0.3) is 0 Å². The molecule has 12 atom stereocenters. The van der Waals surface area contributed by atoms with Crippen LogP contribution >= 0.6 is 0 Å². The average molecular weight is 1130 g/mol. The molecule has 6 heterocycles. The van der Waals surface area contributed by atoms with E-state index in [0.717, 1.165) is 123 Å². The van der Waals surface area contributed by atoms with E-state index < -0.39 is 57.3 Å². The number of ether oxygens (including phenoxy) is 5. The molecular weight excluding hydrogens is 1050 g/mol. The second kappa shape index (κ2) is 18.1. The van der Waals surface area contributed by atoms with Crippen LogP contribution in [0.4, 0.5) is 0 Å². The molecular formula is C68H81N3O12. The van der Waals surface area contributed by atoms with Gasteiger partial charge in [0.15, 0.2) is 29.9 Å². The maximum atomic E-state index is 13.0. The van der Waals surface area contributed by atoms with Gasteiger partial charge >= 0.3 is 11.9 Å². The standard InChI is InChI=1S/C24H29NO5.C23H27NO4.C21H25NO3/c1-3-29-22(27)16-11-24(28)17-10-15-7-4-13(2)20-18(15)23(24,21(30-20)19(16)26)8-9-25(17)12-14-5-6-14;1-13-3-6-16-11-18-23(28-14(2)25)8-7-17(26)21-22(23,19(16)20(13)27-21)9-10-24(18)12-15-4-5-15;1-12-2-5-14-10-16-21(24)7-6-15(23)19-20(21,17(14)18(12)25-19)8-9-22(16)11-13-3-4-13/h4,7,14,17,21,26,28H,3,5-6,8-12H2,1-2H3;3,6,15,18,21H,4-5,7-12H2,1-2H3;2,5,13,16,19,24H,3-4,6-11H2,1H3/t17-,21+,23+,24-;18-,21+,22+,23-;16-,19+,20+,21-/m111/s1. The Morgan fingerprint density at radius 2 is 1.00 bits per heavy atom. The normalized spacial score (nSPS) is 38.4. The smallest absolute Gasteiger partial charge is 0.337 e. The Bertz CT molecular complexity index is 3380. The van der Waals surface area contributed by atoms with Gasteiger partial charge in [0.05, 0.1) is 45.7 Å². The van der Waals surface area contributed by atoms with E-state index in [4.69, 9.17) is 23.7 Å². The minimum atomic E-state index is -1.18. The Morgan fingerprint density at radius 1 is 0.578 bits per heavy atom. The molecule has 9 aliphatic carbocycles. The number of aliphatic hydroxyl groups is 3. The highest BCUT2D eigenvalue weighted by Gasteiger charge is 2.77. The first-order valence-electron chi connectivity index (χ1n) is 31.8. The zero-order valence-electron chi connectivity index (χ0n) is 49.0. The molecule has 8 fully saturated rings. The van der Waals surface area contributed by atoms with Crippen molar-refractivity contribution in [3.05, 3.63) is 97.8 Å². The van der Waals surface area contributed by atoms with Crippen molar-refractivity contribution in [2.24, 2.45) is 17.8 Å². The second-order valence-electron chi connectivity index (χ2n) is 28.4. The third-order valence-electron chi connectivity index (χ3n) is 24.1. The fourth-order valence-corrected chi connectivity index (χ4v) is 20.0. The van der Waals surface area contributed by atoms with Crippen LogP contribution in [0.3, 0.4) is 0 Å². The predicted molar refractivity (Wildman–Crippen MR) is 305 cm³/mol. The summed E-state index contributed by atoms with van der Waals surface area (Å²) in [5, 5.41) is 35.7. The summed E-state index contributed by atoms with van der Waals surface area (Å²) >= 11 is 0. The number of carbonyl (C=O) groups is 4.